The van der Waals surface area contributed by atoms with Crippen LogP contribution in [-0.2, 0) is 6.42 Å². The average molecular weight is 260 g/mol. The van der Waals surface area contributed by atoms with Gasteiger partial charge in [0.2, 0.25) is 0 Å². The lowest BCUT2D eigenvalue weighted by atomic mass is 9.99. The van der Waals surface area contributed by atoms with Gasteiger partial charge in [-0.15, -0.1) is 0 Å². The Morgan fingerprint density at radius 1 is 1.11 bits per heavy atom. The van der Waals surface area contributed by atoms with E-state index >= 15 is 0 Å². The molecule has 0 aliphatic heterocycles. The van der Waals surface area contributed by atoms with Gasteiger partial charge >= 0.3 is 0 Å². The Morgan fingerprint density at radius 3 is 2.50 bits per heavy atom. The Bertz CT molecular complexity index is 508. The topological polar surface area (TPSA) is 26.0 Å². The standard InChI is InChI=1S/C16H18ClN/c1-12-7-8-13(15(17)11-12)9-10-16(18)14-5-3-2-4-6-14/h2-8,11,16H,9-10,18H2,1H3. The summed E-state index contributed by atoms with van der Waals surface area (Å²) in [6.45, 7) is 2.05. The van der Waals surface area contributed by atoms with Crippen molar-refractivity contribution in [1.82, 2.24) is 0 Å². The van der Waals surface area contributed by atoms with Gasteiger partial charge in [-0.05, 0) is 42.5 Å². The lowest BCUT2D eigenvalue weighted by Crippen LogP contribution is -2.11. The summed E-state index contributed by atoms with van der Waals surface area (Å²) in [6, 6.07) is 16.5. The maximum Gasteiger partial charge on any atom is 0.0440 e. The summed E-state index contributed by atoms with van der Waals surface area (Å²) in [7, 11) is 0. The molecule has 0 aliphatic rings. The minimum Gasteiger partial charge on any atom is -0.324 e. The van der Waals surface area contributed by atoms with Crippen molar-refractivity contribution in [1.29, 1.82) is 0 Å². The van der Waals surface area contributed by atoms with E-state index in [0.29, 0.717) is 0 Å². The number of halogens is 1. The molecule has 94 valence electrons. The molecule has 1 unspecified atom stereocenters. The second-order valence-electron chi connectivity index (χ2n) is 4.65. The van der Waals surface area contributed by atoms with E-state index in [2.05, 4.69) is 24.3 Å². The number of hydrogen-bond acceptors (Lipinski definition) is 1. The fourth-order valence-electron chi connectivity index (χ4n) is 2.03. The van der Waals surface area contributed by atoms with Gasteiger partial charge in [0.1, 0.15) is 0 Å². The molecule has 2 heteroatoms. The van der Waals surface area contributed by atoms with Crippen LogP contribution < -0.4 is 5.73 Å². The van der Waals surface area contributed by atoms with E-state index in [4.69, 9.17) is 17.3 Å². The summed E-state index contributed by atoms with van der Waals surface area (Å²) in [5.74, 6) is 0. The van der Waals surface area contributed by atoms with Gasteiger partial charge in [0.15, 0.2) is 0 Å². The molecule has 0 radical (unpaired) electrons. The predicted octanol–water partition coefficient (Wildman–Crippen LogP) is 4.28. The van der Waals surface area contributed by atoms with Gasteiger partial charge in [0.05, 0.1) is 0 Å². The van der Waals surface area contributed by atoms with Crippen LogP contribution in [0.25, 0.3) is 0 Å². The third-order valence-corrected chi connectivity index (χ3v) is 3.51. The number of hydrogen-bond donors (Lipinski definition) is 1. The zero-order valence-corrected chi connectivity index (χ0v) is 11.3. The van der Waals surface area contributed by atoms with Crippen molar-refractivity contribution >= 4 is 11.6 Å². The SMILES string of the molecule is Cc1ccc(CCC(N)c2ccccc2)c(Cl)c1. The first kappa shape index (κ1) is 13.1. The molecule has 0 spiro atoms. The molecule has 0 aliphatic carbocycles. The molecule has 0 saturated carbocycles. The van der Waals surface area contributed by atoms with Crippen LogP contribution in [0.5, 0.6) is 0 Å². The quantitative estimate of drug-likeness (QED) is 0.871. The van der Waals surface area contributed by atoms with E-state index in [-0.39, 0.29) is 6.04 Å². The third kappa shape index (κ3) is 3.34. The molecular weight excluding hydrogens is 242 g/mol. The lowest BCUT2D eigenvalue weighted by molar-refractivity contribution is 0.651. The van der Waals surface area contributed by atoms with Gasteiger partial charge in [-0.1, -0.05) is 54.1 Å². The van der Waals surface area contributed by atoms with Gasteiger partial charge in [-0.3, -0.25) is 0 Å². The smallest absolute Gasteiger partial charge is 0.0440 e. The van der Waals surface area contributed by atoms with E-state index in [9.17, 15) is 0 Å². The van der Waals surface area contributed by atoms with Crippen molar-refractivity contribution in [3.05, 3.63) is 70.2 Å². The Hall–Kier alpha value is -1.31. The number of benzene rings is 2. The maximum absolute atomic E-state index is 6.22. The van der Waals surface area contributed by atoms with Crippen LogP contribution in [0.4, 0.5) is 0 Å². The third-order valence-electron chi connectivity index (χ3n) is 3.16. The van der Waals surface area contributed by atoms with E-state index in [1.54, 1.807) is 0 Å². The Morgan fingerprint density at radius 2 is 1.83 bits per heavy atom. The highest BCUT2D eigenvalue weighted by molar-refractivity contribution is 6.31. The normalized spacial score (nSPS) is 12.4. The Labute approximate surface area is 114 Å². The first-order valence-corrected chi connectivity index (χ1v) is 6.60. The highest BCUT2D eigenvalue weighted by atomic mass is 35.5. The van der Waals surface area contributed by atoms with Gasteiger partial charge < -0.3 is 5.73 Å². The fourth-order valence-corrected chi connectivity index (χ4v) is 2.36. The first-order valence-electron chi connectivity index (χ1n) is 6.22. The maximum atomic E-state index is 6.22. The van der Waals surface area contributed by atoms with Crippen molar-refractivity contribution < 1.29 is 0 Å². The van der Waals surface area contributed by atoms with Crippen LogP contribution in [-0.4, -0.2) is 0 Å². The van der Waals surface area contributed by atoms with Crippen LogP contribution in [0.3, 0.4) is 0 Å². The van der Waals surface area contributed by atoms with Gasteiger partial charge in [0, 0.05) is 11.1 Å². The minimum absolute atomic E-state index is 0.0727. The minimum atomic E-state index is 0.0727. The molecule has 18 heavy (non-hydrogen) atoms. The molecule has 0 fully saturated rings. The summed E-state index contributed by atoms with van der Waals surface area (Å²) in [4.78, 5) is 0. The van der Waals surface area contributed by atoms with E-state index < -0.39 is 0 Å². The monoisotopic (exact) mass is 259 g/mol. The van der Waals surface area contributed by atoms with E-state index in [1.807, 2.05) is 31.2 Å². The molecule has 0 bridgehead atoms. The van der Waals surface area contributed by atoms with Gasteiger partial charge in [0.25, 0.3) is 0 Å². The molecule has 2 rings (SSSR count). The largest absolute Gasteiger partial charge is 0.324 e. The molecule has 2 aromatic carbocycles. The zero-order valence-electron chi connectivity index (χ0n) is 10.6. The summed E-state index contributed by atoms with van der Waals surface area (Å²) < 4.78 is 0. The highest BCUT2D eigenvalue weighted by Crippen LogP contribution is 2.22. The van der Waals surface area contributed by atoms with Crippen molar-refractivity contribution in [3.63, 3.8) is 0 Å². The zero-order chi connectivity index (χ0) is 13.0. The van der Waals surface area contributed by atoms with Crippen LogP contribution in [0.1, 0.15) is 29.2 Å². The number of aryl methyl sites for hydroxylation is 2. The van der Waals surface area contributed by atoms with Gasteiger partial charge in [-0.2, -0.15) is 0 Å². The number of rotatable bonds is 4. The molecule has 1 nitrogen and oxygen atoms in total. The van der Waals surface area contributed by atoms with Crippen molar-refractivity contribution in [2.24, 2.45) is 5.73 Å². The molecule has 1 atom stereocenters. The highest BCUT2D eigenvalue weighted by Gasteiger charge is 2.07. The molecule has 0 aromatic heterocycles. The summed E-state index contributed by atoms with van der Waals surface area (Å²) >= 11 is 6.22. The first-order chi connectivity index (χ1) is 8.66. The van der Waals surface area contributed by atoms with Crippen molar-refractivity contribution in [2.75, 3.05) is 0 Å². The van der Waals surface area contributed by atoms with Crippen molar-refractivity contribution in [3.8, 4) is 0 Å². The average Bonchev–Trinajstić information content (AvgIpc) is 2.38. The van der Waals surface area contributed by atoms with Crippen LogP contribution in [0.2, 0.25) is 5.02 Å². The molecule has 2 N–H and O–H groups in total. The second-order valence-corrected chi connectivity index (χ2v) is 5.06. The second kappa shape index (κ2) is 6.03. The lowest BCUT2D eigenvalue weighted by Gasteiger charge is -2.12. The molecule has 0 amide bonds. The molecule has 0 saturated heterocycles. The van der Waals surface area contributed by atoms with E-state index in [0.717, 1.165) is 17.9 Å². The predicted molar refractivity (Wildman–Crippen MR) is 77.9 cm³/mol. The summed E-state index contributed by atoms with van der Waals surface area (Å²) in [5.41, 5.74) is 9.73. The van der Waals surface area contributed by atoms with Crippen LogP contribution in [0, 0.1) is 6.92 Å². The van der Waals surface area contributed by atoms with Crippen molar-refractivity contribution in [2.45, 2.75) is 25.8 Å². The summed E-state index contributed by atoms with van der Waals surface area (Å²) in [5, 5.41) is 0.843. The molecule has 0 heterocycles. The summed E-state index contributed by atoms with van der Waals surface area (Å²) in [6.07, 6.45) is 1.82. The number of nitrogens with two attached hydrogens (primary N) is 1. The fraction of sp³-hybridized carbons (Fsp3) is 0.250. The van der Waals surface area contributed by atoms with Crippen LogP contribution >= 0.6 is 11.6 Å². The Kier molecular flexibility index (Phi) is 4.40. The Balaban J connectivity index is 1.99. The molecule has 2 aromatic rings. The van der Waals surface area contributed by atoms with Gasteiger partial charge in [-0.25, -0.2) is 0 Å². The van der Waals surface area contributed by atoms with E-state index in [1.165, 1.54) is 16.7 Å². The molecular formula is C16H18ClN. The van der Waals surface area contributed by atoms with Crippen LogP contribution in [0.15, 0.2) is 48.5 Å².